The maximum atomic E-state index is 12.7. The second kappa shape index (κ2) is 5.94. The zero-order chi connectivity index (χ0) is 15.7. The summed E-state index contributed by atoms with van der Waals surface area (Å²) < 4.78 is 38.6. The first kappa shape index (κ1) is 16.3. The molecule has 116 valence electrons. The molecule has 0 aliphatic rings. The van der Waals surface area contributed by atoms with Gasteiger partial charge in [-0.3, -0.25) is 0 Å². The lowest BCUT2D eigenvalue weighted by Gasteiger charge is -2.21. The molecule has 0 spiro atoms. The molecule has 0 unspecified atom stereocenters. The van der Waals surface area contributed by atoms with Crippen molar-refractivity contribution in [2.45, 2.75) is 37.9 Å². The van der Waals surface area contributed by atoms with E-state index in [1.54, 1.807) is 6.92 Å². The molecule has 21 heavy (non-hydrogen) atoms. The lowest BCUT2D eigenvalue weighted by molar-refractivity contribution is -0.137. The summed E-state index contributed by atoms with van der Waals surface area (Å²) in [5.41, 5.74) is 5.69. The van der Waals surface area contributed by atoms with Crippen LogP contribution in [0.2, 0.25) is 0 Å². The second-order valence-corrected chi connectivity index (χ2v) is 6.55. The molecule has 1 atom stereocenters. The molecule has 0 aliphatic heterocycles. The number of nitrogens with two attached hydrogens (primary N) is 1. The van der Waals surface area contributed by atoms with Crippen molar-refractivity contribution < 1.29 is 18.3 Å². The predicted octanol–water partition coefficient (Wildman–Crippen LogP) is 3.95. The molecule has 0 aliphatic carbocycles. The molecule has 1 aromatic heterocycles. The van der Waals surface area contributed by atoms with Crippen LogP contribution in [0.25, 0.3) is 10.1 Å². The van der Waals surface area contributed by atoms with Gasteiger partial charge in [0.2, 0.25) is 0 Å². The van der Waals surface area contributed by atoms with Gasteiger partial charge in [0, 0.05) is 10.2 Å². The monoisotopic (exact) mass is 317 g/mol. The number of thiophene rings is 1. The van der Waals surface area contributed by atoms with Crippen LogP contribution in [0.3, 0.4) is 0 Å². The lowest BCUT2D eigenvalue weighted by atomic mass is 9.95. The Kier molecular flexibility index (Phi) is 4.60. The number of fused-ring (bicyclic) bond motifs is 1. The number of hydrogen-bond donors (Lipinski definition) is 2. The normalized spacial score (nSPS) is 15.3. The number of aliphatic hydroxyl groups is 1. The molecule has 0 bridgehead atoms. The van der Waals surface area contributed by atoms with Crippen molar-refractivity contribution in [2.75, 3.05) is 6.61 Å². The van der Waals surface area contributed by atoms with Gasteiger partial charge in [-0.25, -0.2) is 0 Å². The number of halogens is 3. The first-order chi connectivity index (χ1) is 9.73. The highest BCUT2D eigenvalue weighted by Gasteiger charge is 2.30. The Morgan fingerprint density at radius 3 is 2.62 bits per heavy atom. The molecule has 0 amide bonds. The Morgan fingerprint density at radius 1 is 1.29 bits per heavy atom. The maximum Gasteiger partial charge on any atom is 0.416 e. The van der Waals surface area contributed by atoms with E-state index in [1.807, 2.05) is 5.38 Å². The van der Waals surface area contributed by atoms with E-state index in [0.717, 1.165) is 29.9 Å². The Hall–Kier alpha value is -1.11. The number of benzene rings is 1. The van der Waals surface area contributed by atoms with E-state index in [9.17, 15) is 13.2 Å². The fraction of sp³-hybridized carbons (Fsp3) is 0.467. The molecular weight excluding hydrogens is 299 g/mol. The Labute approximate surface area is 125 Å². The largest absolute Gasteiger partial charge is 0.416 e. The maximum absolute atomic E-state index is 12.7. The molecule has 0 radical (unpaired) electrons. The van der Waals surface area contributed by atoms with Crippen LogP contribution in [0.5, 0.6) is 0 Å². The summed E-state index contributed by atoms with van der Waals surface area (Å²) in [7, 11) is 0. The van der Waals surface area contributed by atoms with Crippen molar-refractivity contribution in [3.63, 3.8) is 0 Å². The number of alkyl halides is 3. The van der Waals surface area contributed by atoms with Crippen LogP contribution >= 0.6 is 11.3 Å². The van der Waals surface area contributed by atoms with Crippen molar-refractivity contribution >= 4 is 21.4 Å². The van der Waals surface area contributed by atoms with E-state index in [4.69, 9.17) is 10.8 Å². The van der Waals surface area contributed by atoms with E-state index < -0.39 is 17.3 Å². The highest BCUT2D eigenvalue weighted by atomic mass is 32.1. The first-order valence-corrected chi connectivity index (χ1v) is 7.58. The quantitative estimate of drug-likeness (QED) is 0.877. The molecule has 1 heterocycles. The predicted molar refractivity (Wildman–Crippen MR) is 79.4 cm³/mol. The minimum atomic E-state index is -4.30. The van der Waals surface area contributed by atoms with Crippen LogP contribution < -0.4 is 5.73 Å². The highest BCUT2D eigenvalue weighted by molar-refractivity contribution is 7.17. The van der Waals surface area contributed by atoms with Gasteiger partial charge < -0.3 is 10.8 Å². The summed E-state index contributed by atoms with van der Waals surface area (Å²) in [6.07, 6.45) is -2.10. The molecule has 0 saturated heterocycles. The lowest BCUT2D eigenvalue weighted by Crippen LogP contribution is -2.40. The summed E-state index contributed by atoms with van der Waals surface area (Å²) in [4.78, 5) is 0. The van der Waals surface area contributed by atoms with Crippen LogP contribution in [-0.4, -0.2) is 17.3 Å². The minimum Gasteiger partial charge on any atom is -0.394 e. The van der Waals surface area contributed by atoms with E-state index in [-0.39, 0.29) is 6.61 Å². The fourth-order valence-corrected chi connectivity index (χ4v) is 3.25. The van der Waals surface area contributed by atoms with Crippen LogP contribution in [0.1, 0.15) is 30.9 Å². The van der Waals surface area contributed by atoms with Gasteiger partial charge in [-0.15, -0.1) is 11.3 Å². The zero-order valence-corrected chi connectivity index (χ0v) is 12.5. The number of rotatable bonds is 5. The van der Waals surface area contributed by atoms with Gasteiger partial charge in [0.05, 0.1) is 12.2 Å². The van der Waals surface area contributed by atoms with Gasteiger partial charge in [0.15, 0.2) is 0 Å². The molecule has 2 rings (SSSR count). The van der Waals surface area contributed by atoms with Crippen LogP contribution in [-0.2, 0) is 12.6 Å². The van der Waals surface area contributed by atoms with Crippen molar-refractivity contribution in [1.29, 1.82) is 0 Å². The summed E-state index contributed by atoms with van der Waals surface area (Å²) in [6, 6.07) is 3.86. The molecule has 1 aromatic carbocycles. The van der Waals surface area contributed by atoms with Crippen LogP contribution in [0.15, 0.2) is 23.6 Å². The summed E-state index contributed by atoms with van der Waals surface area (Å²) >= 11 is 1.33. The van der Waals surface area contributed by atoms with Crippen molar-refractivity contribution in [3.05, 3.63) is 34.7 Å². The minimum absolute atomic E-state index is 0.0771. The third-order valence-electron chi connectivity index (χ3n) is 3.54. The SMILES string of the molecule is C[C@@](N)(CO)CCCc1csc2cc(C(F)(F)F)ccc12. The van der Waals surface area contributed by atoms with Crippen molar-refractivity contribution in [1.82, 2.24) is 0 Å². The summed E-state index contributed by atoms with van der Waals surface area (Å²) in [5, 5.41) is 11.9. The smallest absolute Gasteiger partial charge is 0.394 e. The van der Waals surface area contributed by atoms with Crippen LogP contribution in [0, 0.1) is 0 Å². The third kappa shape index (κ3) is 3.96. The highest BCUT2D eigenvalue weighted by Crippen LogP contribution is 2.35. The van der Waals surface area contributed by atoms with Crippen LogP contribution in [0.4, 0.5) is 13.2 Å². The molecule has 3 N–H and O–H groups in total. The zero-order valence-electron chi connectivity index (χ0n) is 11.7. The first-order valence-electron chi connectivity index (χ1n) is 6.70. The number of aryl methyl sites for hydroxylation is 1. The topological polar surface area (TPSA) is 46.2 Å². The molecule has 2 aromatic rings. The Bertz CT molecular complexity index is 619. The Balaban J connectivity index is 2.12. The van der Waals surface area contributed by atoms with Gasteiger partial charge >= 0.3 is 6.18 Å². The van der Waals surface area contributed by atoms with Gasteiger partial charge in [0.25, 0.3) is 0 Å². The fourth-order valence-electron chi connectivity index (χ4n) is 2.21. The standard InChI is InChI=1S/C15H18F3NOS/c1-14(19,9-20)6-2-3-10-8-21-13-7-11(15(16,17)18)4-5-12(10)13/h4-5,7-8,20H,2-3,6,9,19H2,1H3/t14-/m0/s1. The molecule has 2 nitrogen and oxygen atoms in total. The van der Waals surface area contributed by atoms with Gasteiger partial charge in [-0.2, -0.15) is 13.2 Å². The van der Waals surface area contributed by atoms with E-state index >= 15 is 0 Å². The summed E-state index contributed by atoms with van der Waals surface area (Å²) in [6.45, 7) is 1.71. The molecule has 0 fully saturated rings. The van der Waals surface area contributed by atoms with Crippen molar-refractivity contribution in [2.24, 2.45) is 5.73 Å². The number of aliphatic hydroxyl groups excluding tert-OH is 1. The van der Waals surface area contributed by atoms with E-state index in [0.29, 0.717) is 11.1 Å². The molecular formula is C15H18F3NOS. The van der Waals surface area contributed by atoms with E-state index in [1.165, 1.54) is 23.5 Å². The average Bonchev–Trinajstić information content (AvgIpc) is 2.80. The van der Waals surface area contributed by atoms with Gasteiger partial charge in [0.1, 0.15) is 0 Å². The van der Waals surface area contributed by atoms with Gasteiger partial charge in [-0.1, -0.05) is 6.07 Å². The molecule has 0 saturated carbocycles. The van der Waals surface area contributed by atoms with Crippen molar-refractivity contribution in [3.8, 4) is 0 Å². The average molecular weight is 317 g/mol. The Morgan fingerprint density at radius 2 is 2.00 bits per heavy atom. The van der Waals surface area contributed by atoms with E-state index in [2.05, 4.69) is 0 Å². The van der Waals surface area contributed by atoms with Gasteiger partial charge in [-0.05, 0) is 54.6 Å². The molecule has 6 heteroatoms. The third-order valence-corrected chi connectivity index (χ3v) is 4.53. The second-order valence-electron chi connectivity index (χ2n) is 5.64. The number of hydrogen-bond acceptors (Lipinski definition) is 3. The summed E-state index contributed by atoms with van der Waals surface area (Å²) in [5.74, 6) is 0.